The van der Waals surface area contributed by atoms with Crippen LogP contribution in [0.2, 0.25) is 0 Å². The maximum atomic E-state index is 12.6. The summed E-state index contributed by atoms with van der Waals surface area (Å²) in [5.74, 6) is 0.720. The molecule has 0 radical (unpaired) electrons. The Morgan fingerprint density at radius 3 is 2.59 bits per heavy atom. The van der Waals surface area contributed by atoms with Gasteiger partial charge in [-0.2, -0.15) is 0 Å². The predicted molar refractivity (Wildman–Crippen MR) is 109 cm³/mol. The van der Waals surface area contributed by atoms with E-state index in [0.717, 1.165) is 30.6 Å². The van der Waals surface area contributed by atoms with Crippen LogP contribution in [0.15, 0.2) is 48.5 Å². The summed E-state index contributed by atoms with van der Waals surface area (Å²) in [5.41, 5.74) is 2.84. The van der Waals surface area contributed by atoms with Crippen LogP contribution in [-0.4, -0.2) is 25.2 Å². The topological polar surface area (TPSA) is 47.6 Å². The average molecular weight is 370 g/mol. The Morgan fingerprint density at radius 1 is 1.11 bits per heavy atom. The molecule has 146 valence electrons. The first-order valence-electron chi connectivity index (χ1n) is 9.82. The van der Waals surface area contributed by atoms with Gasteiger partial charge in [0.25, 0.3) is 5.91 Å². The minimum absolute atomic E-state index is 0.0599. The van der Waals surface area contributed by atoms with E-state index in [2.05, 4.69) is 24.4 Å². The highest BCUT2D eigenvalue weighted by Crippen LogP contribution is 2.22. The number of benzene rings is 2. The van der Waals surface area contributed by atoms with Crippen LogP contribution in [0, 0.1) is 0 Å². The maximum absolute atomic E-state index is 12.6. The number of carbonyl (C=O) groups is 1. The number of amides is 1. The summed E-state index contributed by atoms with van der Waals surface area (Å²) in [6.45, 7) is 7.80. The standard InChI is InChI=1S/C23H31NO3/c1-4-15-26-17-21-16-20(13-14-22(21)27-5-2)23(25)24-18(3)11-12-19-9-7-6-8-10-19/h6-10,13-14,16,18H,4-5,11-12,15,17H2,1-3H3,(H,24,25). The molecule has 0 aliphatic rings. The van der Waals surface area contributed by atoms with Crippen LogP contribution in [0.1, 0.15) is 55.1 Å². The molecule has 2 aromatic carbocycles. The Bertz CT molecular complexity index is 700. The molecule has 0 fully saturated rings. The second kappa shape index (κ2) is 11.4. The van der Waals surface area contributed by atoms with Crippen molar-refractivity contribution in [1.82, 2.24) is 5.32 Å². The Balaban J connectivity index is 1.96. The van der Waals surface area contributed by atoms with Crippen LogP contribution in [0.4, 0.5) is 0 Å². The molecule has 0 bridgehead atoms. The zero-order chi connectivity index (χ0) is 19.5. The quantitative estimate of drug-likeness (QED) is 0.581. The summed E-state index contributed by atoms with van der Waals surface area (Å²) < 4.78 is 11.3. The molecule has 0 saturated heterocycles. The van der Waals surface area contributed by atoms with Crippen LogP contribution >= 0.6 is 0 Å². The minimum Gasteiger partial charge on any atom is -0.494 e. The van der Waals surface area contributed by atoms with Crippen molar-refractivity contribution in [2.24, 2.45) is 0 Å². The van der Waals surface area contributed by atoms with E-state index >= 15 is 0 Å². The number of hydrogen-bond donors (Lipinski definition) is 1. The normalized spacial score (nSPS) is 11.8. The van der Waals surface area contributed by atoms with Crippen LogP contribution in [-0.2, 0) is 17.8 Å². The lowest BCUT2D eigenvalue weighted by molar-refractivity contribution is 0.0937. The molecule has 0 aliphatic heterocycles. The molecule has 2 rings (SSSR count). The largest absolute Gasteiger partial charge is 0.494 e. The molecule has 0 aliphatic carbocycles. The molecule has 1 N–H and O–H groups in total. The molecule has 4 heteroatoms. The fraction of sp³-hybridized carbons (Fsp3) is 0.435. The fourth-order valence-corrected chi connectivity index (χ4v) is 2.86. The molecular weight excluding hydrogens is 338 g/mol. The van der Waals surface area contributed by atoms with Crippen molar-refractivity contribution < 1.29 is 14.3 Å². The summed E-state index contributed by atoms with van der Waals surface area (Å²) in [7, 11) is 0. The van der Waals surface area contributed by atoms with E-state index < -0.39 is 0 Å². The zero-order valence-corrected chi connectivity index (χ0v) is 16.7. The van der Waals surface area contributed by atoms with E-state index in [-0.39, 0.29) is 11.9 Å². The van der Waals surface area contributed by atoms with Gasteiger partial charge in [0.2, 0.25) is 0 Å². The fourth-order valence-electron chi connectivity index (χ4n) is 2.86. The third-order valence-corrected chi connectivity index (χ3v) is 4.31. The van der Waals surface area contributed by atoms with Gasteiger partial charge in [-0.15, -0.1) is 0 Å². The van der Waals surface area contributed by atoms with Crippen molar-refractivity contribution in [2.75, 3.05) is 13.2 Å². The highest BCUT2D eigenvalue weighted by Gasteiger charge is 2.13. The molecular formula is C23H31NO3. The zero-order valence-electron chi connectivity index (χ0n) is 16.7. The number of hydrogen-bond acceptors (Lipinski definition) is 3. The molecule has 0 heterocycles. The number of carbonyl (C=O) groups excluding carboxylic acids is 1. The first-order valence-corrected chi connectivity index (χ1v) is 9.82. The van der Waals surface area contributed by atoms with Gasteiger partial charge >= 0.3 is 0 Å². The van der Waals surface area contributed by atoms with Crippen molar-refractivity contribution in [3.8, 4) is 5.75 Å². The van der Waals surface area contributed by atoms with Gasteiger partial charge in [0.1, 0.15) is 5.75 Å². The first-order chi connectivity index (χ1) is 13.1. The van der Waals surface area contributed by atoms with Crippen molar-refractivity contribution in [3.63, 3.8) is 0 Å². The van der Waals surface area contributed by atoms with Crippen molar-refractivity contribution in [3.05, 3.63) is 65.2 Å². The molecule has 0 saturated carbocycles. The van der Waals surface area contributed by atoms with Gasteiger partial charge in [-0.25, -0.2) is 0 Å². The van der Waals surface area contributed by atoms with Gasteiger partial charge in [-0.3, -0.25) is 4.79 Å². The Hall–Kier alpha value is -2.33. The van der Waals surface area contributed by atoms with E-state index in [1.54, 1.807) is 0 Å². The summed E-state index contributed by atoms with van der Waals surface area (Å²) in [6.07, 6.45) is 2.81. The molecule has 1 amide bonds. The van der Waals surface area contributed by atoms with Crippen LogP contribution in [0.25, 0.3) is 0 Å². The van der Waals surface area contributed by atoms with Crippen molar-refractivity contribution in [2.45, 2.75) is 52.7 Å². The van der Waals surface area contributed by atoms with Crippen molar-refractivity contribution >= 4 is 5.91 Å². The SMILES string of the molecule is CCCOCc1cc(C(=O)NC(C)CCc2ccccc2)ccc1OCC. The van der Waals surface area contributed by atoms with Gasteiger partial charge in [-0.05, 0) is 56.9 Å². The second-order valence-corrected chi connectivity index (χ2v) is 6.71. The Labute approximate surface area is 162 Å². The summed E-state index contributed by atoms with van der Waals surface area (Å²) in [4.78, 5) is 12.6. The van der Waals surface area contributed by atoms with E-state index in [1.807, 2.05) is 50.2 Å². The number of ether oxygens (including phenoxy) is 2. The summed E-state index contributed by atoms with van der Waals surface area (Å²) in [6, 6.07) is 16.0. The third-order valence-electron chi connectivity index (χ3n) is 4.31. The maximum Gasteiger partial charge on any atom is 0.251 e. The average Bonchev–Trinajstić information content (AvgIpc) is 2.68. The summed E-state index contributed by atoms with van der Waals surface area (Å²) in [5, 5.41) is 3.09. The number of rotatable bonds is 11. The molecule has 27 heavy (non-hydrogen) atoms. The molecule has 1 unspecified atom stereocenters. The van der Waals surface area contributed by atoms with E-state index in [4.69, 9.17) is 9.47 Å². The van der Waals surface area contributed by atoms with Gasteiger partial charge in [0.15, 0.2) is 0 Å². The lowest BCUT2D eigenvalue weighted by Crippen LogP contribution is -2.33. The number of aryl methyl sites for hydroxylation is 1. The van der Waals surface area contributed by atoms with E-state index in [0.29, 0.717) is 25.4 Å². The van der Waals surface area contributed by atoms with E-state index in [1.165, 1.54) is 5.56 Å². The molecule has 1 atom stereocenters. The first kappa shape index (κ1) is 21.0. The molecule has 0 aromatic heterocycles. The van der Waals surface area contributed by atoms with E-state index in [9.17, 15) is 4.79 Å². The van der Waals surface area contributed by atoms with Gasteiger partial charge in [-0.1, -0.05) is 37.3 Å². The second-order valence-electron chi connectivity index (χ2n) is 6.71. The Morgan fingerprint density at radius 2 is 1.89 bits per heavy atom. The van der Waals surface area contributed by atoms with Crippen LogP contribution in [0.3, 0.4) is 0 Å². The van der Waals surface area contributed by atoms with Gasteiger partial charge in [0, 0.05) is 23.8 Å². The van der Waals surface area contributed by atoms with Crippen LogP contribution in [0.5, 0.6) is 5.75 Å². The lowest BCUT2D eigenvalue weighted by Gasteiger charge is -2.16. The monoisotopic (exact) mass is 369 g/mol. The minimum atomic E-state index is -0.0599. The molecule has 2 aromatic rings. The summed E-state index contributed by atoms with van der Waals surface area (Å²) >= 11 is 0. The molecule has 4 nitrogen and oxygen atoms in total. The third kappa shape index (κ3) is 7.06. The smallest absolute Gasteiger partial charge is 0.251 e. The highest BCUT2D eigenvalue weighted by molar-refractivity contribution is 5.94. The van der Waals surface area contributed by atoms with Crippen LogP contribution < -0.4 is 10.1 Å². The van der Waals surface area contributed by atoms with Crippen molar-refractivity contribution in [1.29, 1.82) is 0 Å². The number of nitrogens with one attached hydrogen (secondary N) is 1. The molecule has 0 spiro atoms. The Kier molecular flexibility index (Phi) is 8.85. The van der Waals surface area contributed by atoms with Gasteiger partial charge in [0.05, 0.1) is 13.2 Å². The highest BCUT2D eigenvalue weighted by atomic mass is 16.5. The predicted octanol–water partition coefficient (Wildman–Crippen LogP) is 4.76. The van der Waals surface area contributed by atoms with Gasteiger partial charge < -0.3 is 14.8 Å². The lowest BCUT2D eigenvalue weighted by atomic mass is 10.1.